The number of thiol groups is 1. The van der Waals surface area contributed by atoms with Crippen LogP contribution in [0.2, 0.25) is 0 Å². The molecule has 2 heteroatoms. The van der Waals surface area contributed by atoms with Gasteiger partial charge in [-0.3, -0.25) is 0 Å². The second-order valence-corrected chi connectivity index (χ2v) is 6.73. The molecule has 1 fully saturated rings. The van der Waals surface area contributed by atoms with E-state index in [9.17, 15) is 0 Å². The van der Waals surface area contributed by atoms with Crippen LogP contribution in [-0.2, 0) is 12.8 Å². The number of hydrogen-bond acceptors (Lipinski definition) is 2. The molecule has 0 atom stereocenters. The Kier molecular flexibility index (Phi) is 4.18. The van der Waals surface area contributed by atoms with E-state index in [4.69, 9.17) is 0 Å². The van der Waals surface area contributed by atoms with E-state index in [-0.39, 0.29) is 0 Å². The molecule has 2 aliphatic rings. The fourth-order valence-corrected chi connectivity index (χ4v) is 4.25. The third-order valence-electron chi connectivity index (χ3n) is 5.07. The smallest absolute Gasteiger partial charge is 0.00460 e. The van der Waals surface area contributed by atoms with Crippen LogP contribution in [0.15, 0.2) is 24.3 Å². The molecule has 1 saturated carbocycles. The topological polar surface area (TPSA) is 3.24 Å². The van der Waals surface area contributed by atoms with Crippen LogP contribution in [0.1, 0.15) is 36.8 Å². The van der Waals surface area contributed by atoms with Crippen LogP contribution in [0.3, 0.4) is 0 Å². The Labute approximate surface area is 122 Å². The van der Waals surface area contributed by atoms with Crippen molar-refractivity contribution in [1.29, 1.82) is 0 Å². The minimum absolute atomic E-state index is 0.514. The molecule has 0 aromatic heterocycles. The lowest BCUT2D eigenvalue weighted by molar-refractivity contribution is 0.177. The number of rotatable bonds is 3. The van der Waals surface area contributed by atoms with Gasteiger partial charge in [0, 0.05) is 19.6 Å². The van der Waals surface area contributed by atoms with E-state index in [1.54, 1.807) is 11.1 Å². The van der Waals surface area contributed by atoms with E-state index in [1.807, 2.05) is 0 Å². The summed E-state index contributed by atoms with van der Waals surface area (Å²) in [5.74, 6) is 1.07. The Hall–Kier alpha value is -0.470. The maximum absolute atomic E-state index is 4.65. The molecular weight excluding hydrogens is 250 g/mol. The lowest BCUT2D eigenvalue weighted by Gasteiger charge is -2.33. The molecule has 0 bridgehead atoms. The van der Waals surface area contributed by atoms with Crippen molar-refractivity contribution >= 4 is 12.6 Å². The summed E-state index contributed by atoms with van der Waals surface area (Å²) in [5.41, 5.74) is 3.65. The number of fused-ring (bicyclic) bond motifs is 1. The van der Waals surface area contributed by atoms with Crippen molar-refractivity contribution in [3.63, 3.8) is 0 Å². The summed E-state index contributed by atoms with van der Waals surface area (Å²) in [6.45, 7) is 3.73. The molecule has 1 aliphatic heterocycles. The molecule has 3 rings (SSSR count). The lowest BCUT2D eigenvalue weighted by Crippen LogP contribution is -2.38. The van der Waals surface area contributed by atoms with Crippen LogP contribution < -0.4 is 0 Å². The zero-order chi connectivity index (χ0) is 13.1. The first-order chi connectivity index (χ1) is 9.31. The molecule has 1 nitrogen and oxygen atoms in total. The molecule has 104 valence electrons. The SMILES string of the molecule is SCC1(CN2CCc3ccccc3CC2)CCCC1. The maximum Gasteiger partial charge on any atom is 0.00460 e. The van der Waals surface area contributed by atoms with Crippen LogP contribution in [0.5, 0.6) is 0 Å². The molecule has 0 spiro atoms. The van der Waals surface area contributed by atoms with Crippen molar-refractivity contribution in [2.45, 2.75) is 38.5 Å². The molecule has 1 heterocycles. The van der Waals surface area contributed by atoms with Crippen molar-refractivity contribution in [3.8, 4) is 0 Å². The molecular formula is C17H25NS. The zero-order valence-corrected chi connectivity index (χ0v) is 12.7. The van der Waals surface area contributed by atoms with Gasteiger partial charge in [-0.1, -0.05) is 37.1 Å². The van der Waals surface area contributed by atoms with Crippen LogP contribution in [0, 0.1) is 5.41 Å². The van der Waals surface area contributed by atoms with Crippen molar-refractivity contribution in [2.24, 2.45) is 5.41 Å². The molecule has 0 amide bonds. The zero-order valence-electron chi connectivity index (χ0n) is 11.8. The number of nitrogens with zero attached hydrogens (tertiary/aromatic N) is 1. The first-order valence-corrected chi connectivity index (χ1v) is 8.35. The summed E-state index contributed by atoms with van der Waals surface area (Å²) in [7, 11) is 0. The largest absolute Gasteiger partial charge is 0.302 e. The average molecular weight is 275 g/mol. The molecule has 1 aromatic carbocycles. The Morgan fingerprint density at radius 1 is 1.00 bits per heavy atom. The first kappa shape index (κ1) is 13.5. The summed E-state index contributed by atoms with van der Waals surface area (Å²) in [5, 5.41) is 0. The predicted molar refractivity (Wildman–Crippen MR) is 85.0 cm³/mol. The summed E-state index contributed by atoms with van der Waals surface area (Å²) in [6, 6.07) is 8.98. The van der Waals surface area contributed by atoms with Gasteiger partial charge in [-0.25, -0.2) is 0 Å². The minimum atomic E-state index is 0.514. The van der Waals surface area contributed by atoms with Gasteiger partial charge in [0.1, 0.15) is 0 Å². The van der Waals surface area contributed by atoms with Crippen LogP contribution in [0.25, 0.3) is 0 Å². The van der Waals surface area contributed by atoms with Gasteiger partial charge in [-0.05, 0) is 48.0 Å². The van der Waals surface area contributed by atoms with Gasteiger partial charge in [-0.2, -0.15) is 12.6 Å². The lowest BCUT2D eigenvalue weighted by atomic mass is 9.88. The molecule has 0 radical (unpaired) electrons. The van der Waals surface area contributed by atoms with Crippen molar-refractivity contribution in [2.75, 3.05) is 25.4 Å². The first-order valence-electron chi connectivity index (χ1n) is 7.71. The molecule has 0 N–H and O–H groups in total. The van der Waals surface area contributed by atoms with E-state index in [0.29, 0.717) is 5.41 Å². The summed E-state index contributed by atoms with van der Waals surface area (Å²) in [4.78, 5) is 2.70. The van der Waals surface area contributed by atoms with Crippen LogP contribution in [-0.4, -0.2) is 30.3 Å². The third kappa shape index (κ3) is 3.00. The quantitative estimate of drug-likeness (QED) is 0.825. The Morgan fingerprint density at radius 2 is 1.58 bits per heavy atom. The van der Waals surface area contributed by atoms with Gasteiger partial charge in [0.05, 0.1) is 0 Å². The highest BCUT2D eigenvalue weighted by molar-refractivity contribution is 7.80. The van der Waals surface area contributed by atoms with Crippen LogP contribution >= 0.6 is 12.6 Å². The highest BCUT2D eigenvalue weighted by Crippen LogP contribution is 2.40. The van der Waals surface area contributed by atoms with E-state index in [0.717, 1.165) is 5.75 Å². The van der Waals surface area contributed by atoms with E-state index in [1.165, 1.54) is 58.2 Å². The number of hydrogen-bond donors (Lipinski definition) is 1. The molecule has 0 unspecified atom stereocenters. The minimum Gasteiger partial charge on any atom is -0.302 e. The summed E-state index contributed by atoms with van der Waals surface area (Å²) >= 11 is 4.65. The van der Waals surface area contributed by atoms with Crippen molar-refractivity contribution in [1.82, 2.24) is 4.90 Å². The second kappa shape index (κ2) is 5.88. The van der Waals surface area contributed by atoms with Gasteiger partial charge in [0.15, 0.2) is 0 Å². The van der Waals surface area contributed by atoms with E-state index >= 15 is 0 Å². The second-order valence-electron chi connectivity index (χ2n) is 6.41. The molecule has 1 aromatic rings. The summed E-state index contributed by atoms with van der Waals surface area (Å²) in [6.07, 6.45) is 8.04. The normalized spacial score (nSPS) is 23.0. The molecule has 0 saturated heterocycles. The monoisotopic (exact) mass is 275 g/mol. The van der Waals surface area contributed by atoms with E-state index in [2.05, 4.69) is 41.8 Å². The Morgan fingerprint density at radius 3 is 2.11 bits per heavy atom. The van der Waals surface area contributed by atoms with Gasteiger partial charge >= 0.3 is 0 Å². The summed E-state index contributed by atoms with van der Waals surface area (Å²) < 4.78 is 0. The Bertz CT molecular complexity index is 396. The van der Waals surface area contributed by atoms with Gasteiger partial charge < -0.3 is 4.90 Å². The van der Waals surface area contributed by atoms with Gasteiger partial charge in [-0.15, -0.1) is 0 Å². The number of benzene rings is 1. The average Bonchev–Trinajstić information content (AvgIpc) is 2.82. The molecule has 1 aliphatic carbocycles. The third-order valence-corrected chi connectivity index (χ3v) is 5.74. The van der Waals surface area contributed by atoms with Gasteiger partial charge in [0.25, 0.3) is 0 Å². The van der Waals surface area contributed by atoms with Crippen molar-refractivity contribution < 1.29 is 0 Å². The molecule has 19 heavy (non-hydrogen) atoms. The van der Waals surface area contributed by atoms with Gasteiger partial charge in [0.2, 0.25) is 0 Å². The Balaban J connectivity index is 1.65. The highest BCUT2D eigenvalue weighted by atomic mass is 32.1. The predicted octanol–water partition coefficient (Wildman–Crippen LogP) is 3.58. The van der Waals surface area contributed by atoms with Crippen LogP contribution in [0.4, 0.5) is 0 Å². The highest BCUT2D eigenvalue weighted by Gasteiger charge is 2.34. The maximum atomic E-state index is 4.65. The fraction of sp³-hybridized carbons (Fsp3) is 0.647. The standard InChI is InChI=1S/C17H25NS/c19-14-17(9-3-4-10-17)13-18-11-7-15-5-1-2-6-16(15)8-12-18/h1-2,5-6,19H,3-4,7-14H2. The van der Waals surface area contributed by atoms with E-state index < -0.39 is 0 Å². The van der Waals surface area contributed by atoms with Crippen molar-refractivity contribution in [3.05, 3.63) is 35.4 Å². The fourth-order valence-electron chi connectivity index (χ4n) is 3.84.